The molecule has 1 amide bonds. The topological polar surface area (TPSA) is 73.8 Å². The van der Waals surface area contributed by atoms with Crippen LogP contribution in [0.5, 0.6) is 0 Å². The Balaban J connectivity index is 2.48. The number of rotatable bonds is 1. The second-order valence-electron chi connectivity index (χ2n) is 3.12. The number of amides is 1. The highest BCUT2D eigenvalue weighted by molar-refractivity contribution is 5.76. The third kappa shape index (κ3) is 1.71. The molecule has 2 aromatic rings. The Kier molecular flexibility index (Phi) is 2.21. The van der Waals surface area contributed by atoms with E-state index in [-0.39, 0.29) is 0 Å². The lowest BCUT2D eigenvalue weighted by atomic mass is 10.2. The van der Waals surface area contributed by atoms with Gasteiger partial charge in [0.25, 0.3) is 0 Å². The number of aryl methyl sites for hydroxylation is 1. The van der Waals surface area contributed by atoms with E-state index in [2.05, 4.69) is 9.97 Å². The van der Waals surface area contributed by atoms with E-state index in [9.17, 15) is 4.79 Å². The summed E-state index contributed by atoms with van der Waals surface area (Å²) in [4.78, 5) is 19.2. The summed E-state index contributed by atoms with van der Waals surface area (Å²) >= 11 is 0. The quantitative estimate of drug-likeness (QED) is 0.754. The van der Waals surface area contributed by atoms with Crippen molar-refractivity contribution in [3.8, 4) is 11.3 Å². The van der Waals surface area contributed by atoms with Crippen LogP contribution >= 0.6 is 0 Å². The molecular formula is C10H10N4O. The summed E-state index contributed by atoms with van der Waals surface area (Å²) in [5, 5.41) is 0. The number of carbonyl (C=O) groups excluding carboxylic acids is 1. The van der Waals surface area contributed by atoms with E-state index in [0.29, 0.717) is 11.5 Å². The molecule has 2 heterocycles. The van der Waals surface area contributed by atoms with Crippen LogP contribution in [-0.4, -0.2) is 20.6 Å². The van der Waals surface area contributed by atoms with Crippen LogP contribution in [-0.2, 0) is 0 Å². The van der Waals surface area contributed by atoms with E-state index in [4.69, 9.17) is 5.73 Å². The molecule has 0 fully saturated rings. The van der Waals surface area contributed by atoms with Crippen LogP contribution in [0.25, 0.3) is 11.3 Å². The number of pyridine rings is 1. The normalized spacial score (nSPS) is 10.2. The van der Waals surface area contributed by atoms with Crippen LogP contribution < -0.4 is 5.73 Å². The Morgan fingerprint density at radius 2 is 2.33 bits per heavy atom. The molecule has 2 N–H and O–H groups in total. The van der Waals surface area contributed by atoms with Crippen LogP contribution in [0.1, 0.15) is 5.82 Å². The van der Waals surface area contributed by atoms with E-state index in [1.165, 1.54) is 4.57 Å². The average molecular weight is 202 g/mol. The zero-order valence-electron chi connectivity index (χ0n) is 8.21. The van der Waals surface area contributed by atoms with Crippen LogP contribution in [0.15, 0.2) is 30.7 Å². The van der Waals surface area contributed by atoms with E-state index in [1.807, 2.05) is 12.1 Å². The second-order valence-corrected chi connectivity index (χ2v) is 3.12. The fourth-order valence-corrected chi connectivity index (χ4v) is 1.35. The van der Waals surface area contributed by atoms with Gasteiger partial charge in [0, 0.05) is 24.2 Å². The van der Waals surface area contributed by atoms with Crippen LogP contribution in [0.3, 0.4) is 0 Å². The largest absolute Gasteiger partial charge is 0.351 e. The van der Waals surface area contributed by atoms with E-state index in [0.717, 1.165) is 5.56 Å². The molecule has 0 radical (unpaired) electrons. The van der Waals surface area contributed by atoms with E-state index >= 15 is 0 Å². The Labute approximate surface area is 86.6 Å². The van der Waals surface area contributed by atoms with Crippen molar-refractivity contribution < 1.29 is 4.79 Å². The third-order valence-corrected chi connectivity index (χ3v) is 2.08. The highest BCUT2D eigenvalue weighted by Gasteiger charge is 2.08. The molecule has 0 unspecified atom stereocenters. The fraction of sp³-hybridized carbons (Fsp3) is 0.100. The minimum atomic E-state index is -0.532. The molecule has 5 nitrogen and oxygen atoms in total. The zero-order chi connectivity index (χ0) is 10.8. The molecule has 0 aliphatic heterocycles. The first-order valence-corrected chi connectivity index (χ1v) is 4.44. The number of hydrogen-bond donors (Lipinski definition) is 1. The third-order valence-electron chi connectivity index (χ3n) is 2.08. The van der Waals surface area contributed by atoms with Crippen molar-refractivity contribution in [2.45, 2.75) is 6.92 Å². The summed E-state index contributed by atoms with van der Waals surface area (Å²) < 4.78 is 1.31. The predicted molar refractivity (Wildman–Crippen MR) is 55.2 cm³/mol. The highest BCUT2D eigenvalue weighted by Crippen LogP contribution is 2.16. The van der Waals surface area contributed by atoms with Gasteiger partial charge in [-0.05, 0) is 19.1 Å². The maximum Gasteiger partial charge on any atom is 0.324 e. The maximum absolute atomic E-state index is 11.0. The van der Waals surface area contributed by atoms with Gasteiger partial charge in [0.15, 0.2) is 0 Å². The summed E-state index contributed by atoms with van der Waals surface area (Å²) in [6.07, 6.45) is 4.98. The molecule has 5 heteroatoms. The van der Waals surface area contributed by atoms with E-state index in [1.54, 1.807) is 25.5 Å². The molecule has 2 aromatic heterocycles. The molecule has 0 aliphatic carbocycles. The van der Waals surface area contributed by atoms with Gasteiger partial charge in [0.05, 0.1) is 5.69 Å². The van der Waals surface area contributed by atoms with Gasteiger partial charge in [-0.15, -0.1) is 0 Å². The van der Waals surface area contributed by atoms with E-state index < -0.39 is 6.03 Å². The van der Waals surface area contributed by atoms with Gasteiger partial charge < -0.3 is 5.73 Å². The summed E-state index contributed by atoms with van der Waals surface area (Å²) in [5.41, 5.74) is 6.73. The number of primary amides is 1. The number of nitrogens with two attached hydrogens (primary N) is 1. The molecule has 15 heavy (non-hydrogen) atoms. The monoisotopic (exact) mass is 202 g/mol. The number of hydrogen-bond acceptors (Lipinski definition) is 3. The molecule has 0 saturated heterocycles. The summed E-state index contributed by atoms with van der Waals surface area (Å²) in [6, 6.07) is 3.16. The zero-order valence-corrected chi connectivity index (χ0v) is 8.21. The van der Waals surface area contributed by atoms with Gasteiger partial charge in [-0.25, -0.2) is 9.78 Å². The molecule has 0 aromatic carbocycles. The average Bonchev–Trinajstić information content (AvgIpc) is 2.62. The highest BCUT2D eigenvalue weighted by atomic mass is 16.2. The molecule has 0 atom stereocenters. The predicted octanol–water partition coefficient (Wildman–Crippen LogP) is 1.18. The van der Waals surface area contributed by atoms with Gasteiger partial charge in [-0.3, -0.25) is 9.55 Å². The SMILES string of the molecule is Cc1nc(-c2cccnc2)cn1C(N)=O. The molecule has 0 aliphatic rings. The lowest BCUT2D eigenvalue weighted by Crippen LogP contribution is -2.19. The van der Waals surface area contributed by atoms with Crippen molar-refractivity contribution in [3.63, 3.8) is 0 Å². The molecule has 2 rings (SSSR count). The standard InChI is InChI=1S/C10H10N4O/c1-7-13-9(6-14(7)10(11)15)8-3-2-4-12-5-8/h2-6H,1H3,(H2,11,15). The van der Waals surface area contributed by atoms with Crippen LogP contribution in [0.4, 0.5) is 4.79 Å². The first-order valence-electron chi connectivity index (χ1n) is 4.44. The lowest BCUT2D eigenvalue weighted by molar-refractivity contribution is 0.250. The number of imidazole rings is 1. The van der Waals surface area contributed by atoms with Crippen LogP contribution in [0, 0.1) is 6.92 Å². The van der Waals surface area contributed by atoms with Gasteiger partial charge in [-0.1, -0.05) is 0 Å². The maximum atomic E-state index is 11.0. The van der Waals surface area contributed by atoms with Gasteiger partial charge in [-0.2, -0.15) is 0 Å². The van der Waals surface area contributed by atoms with Gasteiger partial charge in [0.2, 0.25) is 0 Å². The van der Waals surface area contributed by atoms with Gasteiger partial charge in [0.1, 0.15) is 5.82 Å². The molecule has 76 valence electrons. The number of carbonyl (C=O) groups is 1. The lowest BCUT2D eigenvalue weighted by Gasteiger charge is -1.94. The van der Waals surface area contributed by atoms with Crippen molar-refractivity contribution in [2.24, 2.45) is 5.73 Å². The minimum Gasteiger partial charge on any atom is -0.351 e. The first-order chi connectivity index (χ1) is 7.18. The summed E-state index contributed by atoms with van der Waals surface area (Å²) in [7, 11) is 0. The number of aromatic nitrogens is 3. The molecule has 0 saturated carbocycles. The Bertz CT molecular complexity index is 489. The Morgan fingerprint density at radius 3 is 2.87 bits per heavy atom. The Hall–Kier alpha value is -2.17. The van der Waals surface area contributed by atoms with Crippen molar-refractivity contribution in [2.75, 3.05) is 0 Å². The van der Waals surface area contributed by atoms with Crippen molar-refractivity contribution in [3.05, 3.63) is 36.5 Å². The smallest absolute Gasteiger partial charge is 0.324 e. The summed E-state index contributed by atoms with van der Waals surface area (Å²) in [6.45, 7) is 1.73. The second kappa shape index (κ2) is 3.53. The van der Waals surface area contributed by atoms with Crippen molar-refractivity contribution in [1.29, 1.82) is 0 Å². The fourth-order valence-electron chi connectivity index (χ4n) is 1.35. The summed E-state index contributed by atoms with van der Waals surface area (Å²) in [5.74, 6) is 0.571. The van der Waals surface area contributed by atoms with Crippen molar-refractivity contribution >= 4 is 6.03 Å². The van der Waals surface area contributed by atoms with Gasteiger partial charge >= 0.3 is 6.03 Å². The minimum absolute atomic E-state index is 0.532. The van der Waals surface area contributed by atoms with Crippen LogP contribution in [0.2, 0.25) is 0 Å². The van der Waals surface area contributed by atoms with Crippen molar-refractivity contribution in [1.82, 2.24) is 14.5 Å². The molecular weight excluding hydrogens is 192 g/mol. The number of nitrogens with zero attached hydrogens (tertiary/aromatic N) is 3. The molecule has 0 bridgehead atoms. The molecule has 0 spiro atoms. The Morgan fingerprint density at radius 1 is 1.53 bits per heavy atom. The first kappa shape index (κ1) is 9.39.